The van der Waals surface area contributed by atoms with Crippen LogP contribution in [0.3, 0.4) is 0 Å². The van der Waals surface area contributed by atoms with Crippen molar-refractivity contribution in [1.29, 1.82) is 0 Å². The highest BCUT2D eigenvalue weighted by Gasteiger charge is 2.22. The maximum absolute atomic E-state index is 13.1. The standard InChI is InChI=1S/C11H12F3NO2/c1-17-10-7(9(16)2-3-15)4-6(12)5-8(10)11(13)14/h4-5,11H,2-3,15H2,1H3. The Morgan fingerprint density at radius 3 is 2.59 bits per heavy atom. The van der Waals surface area contributed by atoms with Crippen molar-refractivity contribution in [2.24, 2.45) is 5.73 Å². The van der Waals surface area contributed by atoms with Gasteiger partial charge in [-0.25, -0.2) is 13.2 Å². The zero-order chi connectivity index (χ0) is 13.0. The molecule has 0 saturated carbocycles. The van der Waals surface area contributed by atoms with Gasteiger partial charge in [0.15, 0.2) is 5.78 Å². The molecule has 2 N–H and O–H groups in total. The van der Waals surface area contributed by atoms with E-state index in [0.717, 1.165) is 13.2 Å². The summed E-state index contributed by atoms with van der Waals surface area (Å²) < 4.78 is 43.2. The fourth-order valence-electron chi connectivity index (χ4n) is 1.48. The van der Waals surface area contributed by atoms with Gasteiger partial charge in [0.1, 0.15) is 11.6 Å². The van der Waals surface area contributed by atoms with Gasteiger partial charge in [0.2, 0.25) is 0 Å². The van der Waals surface area contributed by atoms with Gasteiger partial charge in [0.05, 0.1) is 18.2 Å². The zero-order valence-corrected chi connectivity index (χ0v) is 9.17. The second-order valence-electron chi connectivity index (χ2n) is 3.34. The van der Waals surface area contributed by atoms with E-state index >= 15 is 0 Å². The monoisotopic (exact) mass is 247 g/mol. The fourth-order valence-corrected chi connectivity index (χ4v) is 1.48. The maximum atomic E-state index is 13.1. The van der Waals surface area contributed by atoms with Crippen molar-refractivity contribution >= 4 is 5.78 Å². The number of carbonyl (C=O) groups is 1. The van der Waals surface area contributed by atoms with E-state index in [9.17, 15) is 18.0 Å². The summed E-state index contributed by atoms with van der Waals surface area (Å²) in [6.07, 6.45) is -2.97. The van der Waals surface area contributed by atoms with Gasteiger partial charge >= 0.3 is 0 Å². The van der Waals surface area contributed by atoms with Gasteiger partial charge < -0.3 is 10.5 Å². The summed E-state index contributed by atoms with van der Waals surface area (Å²) in [5, 5.41) is 0. The van der Waals surface area contributed by atoms with E-state index in [1.54, 1.807) is 0 Å². The van der Waals surface area contributed by atoms with Crippen LogP contribution in [0.2, 0.25) is 0 Å². The Labute approximate surface area is 96.4 Å². The first-order valence-electron chi connectivity index (χ1n) is 4.90. The summed E-state index contributed by atoms with van der Waals surface area (Å²) >= 11 is 0. The minimum absolute atomic E-state index is 0.0531. The molecular weight excluding hydrogens is 235 g/mol. The second-order valence-corrected chi connectivity index (χ2v) is 3.34. The molecule has 0 unspecified atom stereocenters. The number of halogens is 3. The van der Waals surface area contributed by atoms with Crippen LogP contribution in [0.5, 0.6) is 5.75 Å². The number of nitrogens with two attached hydrogens (primary N) is 1. The first-order chi connectivity index (χ1) is 8.01. The first kappa shape index (κ1) is 13.5. The van der Waals surface area contributed by atoms with E-state index in [1.165, 1.54) is 0 Å². The van der Waals surface area contributed by atoms with Crippen molar-refractivity contribution in [3.8, 4) is 5.75 Å². The highest BCUT2D eigenvalue weighted by Crippen LogP contribution is 2.33. The van der Waals surface area contributed by atoms with Gasteiger partial charge in [-0.1, -0.05) is 0 Å². The van der Waals surface area contributed by atoms with Gasteiger partial charge in [0, 0.05) is 6.42 Å². The number of alkyl halides is 2. The van der Waals surface area contributed by atoms with Crippen LogP contribution in [0, 0.1) is 5.82 Å². The lowest BCUT2D eigenvalue weighted by Gasteiger charge is -2.12. The molecule has 1 rings (SSSR count). The summed E-state index contributed by atoms with van der Waals surface area (Å²) in [5.74, 6) is -1.72. The maximum Gasteiger partial charge on any atom is 0.267 e. The summed E-state index contributed by atoms with van der Waals surface area (Å²) in [5.41, 5.74) is 4.36. The molecule has 0 saturated heterocycles. The zero-order valence-electron chi connectivity index (χ0n) is 9.17. The van der Waals surface area contributed by atoms with Crippen LogP contribution in [-0.2, 0) is 0 Å². The summed E-state index contributed by atoms with van der Waals surface area (Å²) in [7, 11) is 1.15. The lowest BCUT2D eigenvalue weighted by molar-refractivity contribution is 0.0980. The molecule has 0 aliphatic heterocycles. The van der Waals surface area contributed by atoms with Crippen LogP contribution >= 0.6 is 0 Å². The number of methoxy groups -OCH3 is 1. The number of Topliss-reactive ketones (excluding diaryl/α,β-unsaturated/α-hetero) is 1. The molecule has 17 heavy (non-hydrogen) atoms. The van der Waals surface area contributed by atoms with Gasteiger partial charge in [-0.05, 0) is 18.7 Å². The Kier molecular flexibility index (Phi) is 4.51. The van der Waals surface area contributed by atoms with Gasteiger partial charge in [-0.2, -0.15) is 0 Å². The molecule has 0 aliphatic rings. The number of ether oxygens (including phenoxy) is 1. The molecule has 1 aromatic carbocycles. The number of hydrogen-bond donors (Lipinski definition) is 1. The largest absolute Gasteiger partial charge is 0.495 e. The normalized spacial score (nSPS) is 10.7. The minimum atomic E-state index is -2.91. The Balaban J connectivity index is 3.32. The van der Waals surface area contributed by atoms with E-state index in [1.807, 2.05) is 0 Å². The number of benzene rings is 1. The van der Waals surface area contributed by atoms with Gasteiger partial charge in [-0.3, -0.25) is 4.79 Å². The lowest BCUT2D eigenvalue weighted by atomic mass is 10.0. The van der Waals surface area contributed by atoms with Gasteiger partial charge in [-0.15, -0.1) is 0 Å². The molecule has 0 atom stereocenters. The van der Waals surface area contributed by atoms with Crippen molar-refractivity contribution in [1.82, 2.24) is 0 Å². The van der Waals surface area contributed by atoms with Crippen molar-refractivity contribution in [3.63, 3.8) is 0 Å². The third kappa shape index (κ3) is 2.97. The molecule has 0 heterocycles. The molecule has 0 aromatic heterocycles. The predicted octanol–water partition coefficient (Wildman–Crippen LogP) is 2.30. The molecule has 0 amide bonds. The van der Waals surface area contributed by atoms with Gasteiger partial charge in [0.25, 0.3) is 6.43 Å². The Bertz CT molecular complexity index is 421. The highest BCUT2D eigenvalue weighted by molar-refractivity contribution is 5.99. The van der Waals surface area contributed by atoms with E-state index in [4.69, 9.17) is 10.5 Å². The molecule has 0 fully saturated rings. The van der Waals surface area contributed by atoms with Crippen molar-refractivity contribution in [2.45, 2.75) is 12.8 Å². The van der Waals surface area contributed by atoms with Crippen LogP contribution < -0.4 is 10.5 Å². The van der Waals surface area contributed by atoms with Crippen molar-refractivity contribution in [3.05, 3.63) is 29.1 Å². The fraction of sp³-hybridized carbons (Fsp3) is 0.364. The first-order valence-corrected chi connectivity index (χ1v) is 4.90. The molecule has 94 valence electrons. The van der Waals surface area contributed by atoms with E-state index < -0.39 is 23.6 Å². The predicted molar refractivity (Wildman–Crippen MR) is 55.9 cm³/mol. The topological polar surface area (TPSA) is 52.3 Å². The molecule has 0 bridgehead atoms. The molecule has 1 aromatic rings. The quantitative estimate of drug-likeness (QED) is 0.812. The average Bonchev–Trinajstić information content (AvgIpc) is 2.28. The summed E-state index contributed by atoms with van der Waals surface area (Å²) in [4.78, 5) is 11.6. The van der Waals surface area contributed by atoms with Crippen LogP contribution in [0.25, 0.3) is 0 Å². The molecule has 6 heteroatoms. The van der Waals surface area contributed by atoms with Crippen LogP contribution in [0.15, 0.2) is 12.1 Å². The number of rotatable bonds is 5. The molecule has 3 nitrogen and oxygen atoms in total. The average molecular weight is 247 g/mol. The van der Waals surface area contributed by atoms with E-state index in [0.29, 0.717) is 6.07 Å². The third-order valence-electron chi connectivity index (χ3n) is 2.19. The molecule has 0 radical (unpaired) electrons. The van der Waals surface area contributed by atoms with E-state index in [-0.39, 0.29) is 24.3 Å². The number of hydrogen-bond acceptors (Lipinski definition) is 3. The summed E-state index contributed by atoms with van der Waals surface area (Å²) in [6, 6.07) is 1.53. The summed E-state index contributed by atoms with van der Waals surface area (Å²) in [6.45, 7) is 0.0580. The molecular formula is C11H12F3NO2. The second kappa shape index (κ2) is 5.67. The Morgan fingerprint density at radius 1 is 1.47 bits per heavy atom. The SMILES string of the molecule is COc1c(C(=O)CCN)cc(F)cc1C(F)F. The molecule has 0 spiro atoms. The van der Waals surface area contributed by atoms with Crippen LogP contribution in [-0.4, -0.2) is 19.4 Å². The smallest absolute Gasteiger partial charge is 0.267 e. The lowest BCUT2D eigenvalue weighted by Crippen LogP contribution is -2.11. The van der Waals surface area contributed by atoms with Crippen molar-refractivity contribution in [2.75, 3.05) is 13.7 Å². The minimum Gasteiger partial charge on any atom is -0.495 e. The number of ketones is 1. The van der Waals surface area contributed by atoms with E-state index in [2.05, 4.69) is 0 Å². The Morgan fingerprint density at radius 2 is 2.12 bits per heavy atom. The molecule has 0 aliphatic carbocycles. The highest BCUT2D eigenvalue weighted by atomic mass is 19.3. The van der Waals surface area contributed by atoms with Crippen LogP contribution in [0.4, 0.5) is 13.2 Å². The third-order valence-corrected chi connectivity index (χ3v) is 2.19. The number of carbonyl (C=O) groups excluding carboxylic acids is 1. The Hall–Kier alpha value is -1.56. The van der Waals surface area contributed by atoms with Crippen molar-refractivity contribution < 1.29 is 22.7 Å². The van der Waals surface area contributed by atoms with Crippen LogP contribution in [0.1, 0.15) is 28.8 Å².